The van der Waals surface area contributed by atoms with Gasteiger partial charge in [0.2, 0.25) is 3.79 Å². The molecule has 1 heterocycles. The average Bonchev–Trinajstić information content (AvgIpc) is 2.51. The Morgan fingerprint density at radius 1 is 1.57 bits per heavy atom. The number of nitrogens with zero attached hydrogens (tertiary/aromatic N) is 1. The van der Waals surface area contributed by atoms with Gasteiger partial charge in [0, 0.05) is 6.04 Å². The van der Waals surface area contributed by atoms with Crippen LogP contribution in [0.3, 0.4) is 0 Å². The first-order valence-electron chi connectivity index (χ1n) is 4.30. The summed E-state index contributed by atoms with van der Waals surface area (Å²) < 4.78 is -1.48. The van der Waals surface area contributed by atoms with Crippen LogP contribution in [0.25, 0.3) is 0 Å². The van der Waals surface area contributed by atoms with Gasteiger partial charge in [0.15, 0.2) is 5.82 Å². The molecule has 0 saturated heterocycles. The van der Waals surface area contributed by atoms with E-state index < -0.39 is 3.79 Å². The van der Waals surface area contributed by atoms with Gasteiger partial charge in [-0.3, -0.25) is 0 Å². The van der Waals surface area contributed by atoms with Crippen molar-refractivity contribution in [2.75, 3.05) is 6.54 Å². The van der Waals surface area contributed by atoms with Crippen LogP contribution in [0.15, 0.2) is 6.20 Å². The van der Waals surface area contributed by atoms with Crippen LogP contribution in [0.5, 0.6) is 0 Å². The van der Waals surface area contributed by atoms with E-state index in [9.17, 15) is 0 Å². The van der Waals surface area contributed by atoms with Crippen LogP contribution in [-0.2, 0) is 3.79 Å². The maximum absolute atomic E-state index is 5.67. The third-order valence-electron chi connectivity index (χ3n) is 1.84. The smallest absolute Gasteiger partial charge is 0.248 e. The highest BCUT2D eigenvalue weighted by Crippen LogP contribution is 2.36. The van der Waals surface area contributed by atoms with Crippen molar-refractivity contribution in [3.63, 3.8) is 0 Å². The van der Waals surface area contributed by atoms with E-state index in [-0.39, 0.29) is 6.04 Å². The molecule has 3 nitrogen and oxygen atoms in total. The summed E-state index contributed by atoms with van der Waals surface area (Å²) in [5.74, 6) is 0.349. The van der Waals surface area contributed by atoms with Gasteiger partial charge in [0.25, 0.3) is 0 Å². The van der Waals surface area contributed by atoms with Gasteiger partial charge < -0.3 is 10.3 Å². The first-order chi connectivity index (χ1) is 6.45. The van der Waals surface area contributed by atoms with Crippen LogP contribution in [0.4, 0.5) is 0 Å². The number of halogens is 3. The van der Waals surface area contributed by atoms with Crippen LogP contribution in [0.2, 0.25) is 0 Å². The molecule has 80 valence electrons. The van der Waals surface area contributed by atoms with Crippen LogP contribution in [0, 0.1) is 0 Å². The summed E-state index contributed by atoms with van der Waals surface area (Å²) in [4.78, 5) is 6.97. The Kier molecular flexibility index (Phi) is 4.07. The Hall–Kier alpha value is 0.0400. The number of hydrogen-bond acceptors (Lipinski definition) is 2. The van der Waals surface area contributed by atoms with Gasteiger partial charge in [0.05, 0.1) is 11.9 Å². The van der Waals surface area contributed by atoms with Crippen LogP contribution in [-0.4, -0.2) is 16.5 Å². The minimum absolute atomic E-state index is 0.175. The molecule has 2 N–H and O–H groups in total. The maximum Gasteiger partial charge on any atom is 0.248 e. The zero-order valence-electron chi connectivity index (χ0n) is 7.94. The van der Waals surface area contributed by atoms with Gasteiger partial charge in [-0.15, -0.1) is 0 Å². The molecule has 0 radical (unpaired) electrons. The molecule has 0 aliphatic rings. The molecule has 0 aliphatic carbocycles. The number of hydrogen-bond donors (Lipinski definition) is 2. The van der Waals surface area contributed by atoms with Crippen molar-refractivity contribution in [2.24, 2.45) is 0 Å². The van der Waals surface area contributed by atoms with Crippen molar-refractivity contribution in [1.82, 2.24) is 15.3 Å². The third kappa shape index (κ3) is 3.02. The van der Waals surface area contributed by atoms with Gasteiger partial charge in [-0.25, -0.2) is 4.98 Å². The Labute approximate surface area is 98.1 Å². The molecule has 0 aliphatic heterocycles. The fourth-order valence-corrected chi connectivity index (χ4v) is 1.40. The summed E-state index contributed by atoms with van der Waals surface area (Å²) in [6, 6.07) is 0.175. The van der Waals surface area contributed by atoms with E-state index >= 15 is 0 Å². The molecule has 0 amide bonds. The molecule has 1 atom stereocenters. The molecular formula is C8H12Cl3N3. The molecule has 1 aromatic heterocycles. The second-order valence-electron chi connectivity index (χ2n) is 2.96. The molecule has 14 heavy (non-hydrogen) atoms. The summed E-state index contributed by atoms with van der Waals surface area (Å²) in [5.41, 5.74) is 0.910. The van der Waals surface area contributed by atoms with E-state index in [1.807, 2.05) is 13.8 Å². The molecule has 1 aromatic rings. The lowest BCUT2D eigenvalue weighted by atomic mass is 10.2. The van der Waals surface area contributed by atoms with E-state index in [0.717, 1.165) is 12.2 Å². The van der Waals surface area contributed by atoms with Gasteiger partial charge in [-0.05, 0) is 13.5 Å². The van der Waals surface area contributed by atoms with Crippen molar-refractivity contribution in [3.05, 3.63) is 17.7 Å². The highest BCUT2D eigenvalue weighted by Gasteiger charge is 2.26. The summed E-state index contributed by atoms with van der Waals surface area (Å²) >= 11 is 17.0. The van der Waals surface area contributed by atoms with Gasteiger partial charge in [-0.1, -0.05) is 41.7 Å². The van der Waals surface area contributed by atoms with E-state index in [1.165, 1.54) is 0 Å². The number of aromatic amines is 1. The van der Waals surface area contributed by atoms with Crippen molar-refractivity contribution in [2.45, 2.75) is 23.7 Å². The Bertz CT molecular complexity index is 292. The zero-order chi connectivity index (χ0) is 10.8. The lowest BCUT2D eigenvalue weighted by Gasteiger charge is -2.10. The second kappa shape index (κ2) is 4.71. The topological polar surface area (TPSA) is 40.7 Å². The highest BCUT2D eigenvalue weighted by molar-refractivity contribution is 6.66. The highest BCUT2D eigenvalue weighted by atomic mass is 35.6. The summed E-state index contributed by atoms with van der Waals surface area (Å²) in [6.07, 6.45) is 1.67. The predicted molar refractivity (Wildman–Crippen MR) is 59.9 cm³/mol. The first kappa shape index (κ1) is 12.1. The minimum Gasteiger partial charge on any atom is -0.341 e. The first-order valence-corrected chi connectivity index (χ1v) is 5.44. The van der Waals surface area contributed by atoms with E-state index in [0.29, 0.717) is 5.82 Å². The van der Waals surface area contributed by atoms with Gasteiger partial charge >= 0.3 is 0 Å². The molecule has 1 rings (SSSR count). The second-order valence-corrected chi connectivity index (χ2v) is 5.25. The summed E-state index contributed by atoms with van der Waals surface area (Å²) in [7, 11) is 0. The van der Waals surface area contributed by atoms with Crippen LogP contribution < -0.4 is 5.32 Å². The van der Waals surface area contributed by atoms with Crippen molar-refractivity contribution >= 4 is 34.8 Å². The predicted octanol–water partition coefficient (Wildman–Crippen LogP) is 2.91. The summed E-state index contributed by atoms with van der Waals surface area (Å²) in [6.45, 7) is 4.92. The lowest BCUT2D eigenvalue weighted by Crippen LogP contribution is -2.18. The number of nitrogens with one attached hydrogen (secondary N) is 2. The van der Waals surface area contributed by atoms with Gasteiger partial charge in [-0.2, -0.15) is 0 Å². The zero-order valence-corrected chi connectivity index (χ0v) is 10.2. The standard InChI is InChI=1S/C8H12Cl3N3/c1-3-12-5(2)6-4-13-7(14-6)8(9,10)11/h4-5,12H,3H2,1-2H3,(H,13,14). The molecule has 6 heteroatoms. The fourth-order valence-electron chi connectivity index (χ4n) is 1.12. The normalized spacial score (nSPS) is 14.4. The molecule has 0 aromatic carbocycles. The number of rotatable bonds is 3. The lowest BCUT2D eigenvalue weighted by molar-refractivity contribution is 0.585. The van der Waals surface area contributed by atoms with E-state index in [2.05, 4.69) is 15.3 Å². The minimum atomic E-state index is -1.48. The Balaban J connectivity index is 2.78. The number of aromatic nitrogens is 2. The third-order valence-corrected chi connectivity index (χ3v) is 2.38. The summed E-state index contributed by atoms with van der Waals surface area (Å²) in [5, 5.41) is 3.23. The van der Waals surface area contributed by atoms with E-state index in [4.69, 9.17) is 34.8 Å². The molecule has 0 bridgehead atoms. The SMILES string of the molecule is CCNC(C)c1cnc(C(Cl)(Cl)Cl)[nH]1. The molecule has 0 spiro atoms. The largest absolute Gasteiger partial charge is 0.341 e. The van der Waals surface area contributed by atoms with Gasteiger partial charge in [0.1, 0.15) is 0 Å². The molecule has 1 unspecified atom stereocenters. The van der Waals surface area contributed by atoms with Crippen molar-refractivity contribution in [1.29, 1.82) is 0 Å². The molecular weight excluding hydrogens is 244 g/mol. The number of alkyl halides is 3. The maximum atomic E-state index is 5.67. The van der Waals surface area contributed by atoms with E-state index in [1.54, 1.807) is 6.20 Å². The van der Waals surface area contributed by atoms with Crippen LogP contribution >= 0.6 is 34.8 Å². The quantitative estimate of drug-likeness (QED) is 0.817. The monoisotopic (exact) mass is 255 g/mol. The number of H-pyrrole nitrogens is 1. The average molecular weight is 257 g/mol. The Morgan fingerprint density at radius 2 is 2.21 bits per heavy atom. The van der Waals surface area contributed by atoms with Crippen molar-refractivity contribution in [3.8, 4) is 0 Å². The molecule has 0 fully saturated rings. The van der Waals surface area contributed by atoms with Crippen molar-refractivity contribution < 1.29 is 0 Å². The molecule has 0 saturated carbocycles. The fraction of sp³-hybridized carbons (Fsp3) is 0.625. The Morgan fingerprint density at radius 3 is 2.64 bits per heavy atom. The van der Waals surface area contributed by atoms with Crippen LogP contribution in [0.1, 0.15) is 31.4 Å². The number of imidazole rings is 1.